The number of urea groups is 1. The molecular formula is C19H20N6O2. The molecule has 0 radical (unpaired) electrons. The normalized spacial score (nSPS) is 10.9. The molecule has 0 aliphatic carbocycles. The molecular weight excluding hydrogens is 344 g/mol. The van der Waals surface area contributed by atoms with Gasteiger partial charge in [-0.25, -0.2) is 14.9 Å². The Labute approximate surface area is 155 Å². The fourth-order valence-electron chi connectivity index (χ4n) is 2.68. The molecule has 4 N–H and O–H groups in total. The highest BCUT2D eigenvalue weighted by Gasteiger charge is 2.15. The van der Waals surface area contributed by atoms with Crippen LogP contribution in [0.15, 0.2) is 64.5 Å². The predicted octanol–water partition coefficient (Wildman–Crippen LogP) is 2.23. The molecule has 0 saturated carbocycles. The Kier molecular flexibility index (Phi) is 5.07. The van der Waals surface area contributed by atoms with Crippen molar-refractivity contribution in [2.45, 2.75) is 6.92 Å². The summed E-state index contributed by atoms with van der Waals surface area (Å²) in [5, 5.41) is 6.89. The summed E-state index contributed by atoms with van der Waals surface area (Å²) in [4.78, 5) is 23.5. The van der Waals surface area contributed by atoms with Crippen LogP contribution >= 0.6 is 0 Å². The predicted molar refractivity (Wildman–Crippen MR) is 106 cm³/mol. The van der Waals surface area contributed by atoms with Gasteiger partial charge in [0.15, 0.2) is 0 Å². The molecule has 138 valence electrons. The molecule has 3 aromatic rings. The van der Waals surface area contributed by atoms with Gasteiger partial charge in [0.2, 0.25) is 0 Å². The number of rotatable bonds is 5. The minimum Gasteiger partial charge on any atom is -0.350 e. The van der Waals surface area contributed by atoms with Gasteiger partial charge < -0.3 is 11.1 Å². The van der Waals surface area contributed by atoms with Crippen molar-refractivity contribution in [3.8, 4) is 5.69 Å². The smallest absolute Gasteiger partial charge is 0.332 e. The highest BCUT2D eigenvalue weighted by Crippen LogP contribution is 2.19. The molecule has 0 bridgehead atoms. The van der Waals surface area contributed by atoms with Crippen molar-refractivity contribution in [2.75, 3.05) is 5.32 Å². The first kappa shape index (κ1) is 18.0. The first-order valence-corrected chi connectivity index (χ1v) is 8.27. The van der Waals surface area contributed by atoms with Crippen molar-refractivity contribution >= 4 is 23.6 Å². The molecule has 8 heteroatoms. The van der Waals surface area contributed by atoms with Gasteiger partial charge in [0.1, 0.15) is 5.69 Å². The van der Waals surface area contributed by atoms with E-state index < -0.39 is 6.03 Å². The lowest BCUT2D eigenvalue weighted by Crippen LogP contribution is -2.24. The fraction of sp³-hybridized carbons (Fsp3) is 0.105. The number of nitrogens with two attached hydrogens (primary N) is 1. The maximum Gasteiger partial charge on any atom is 0.332 e. The van der Waals surface area contributed by atoms with Gasteiger partial charge in [0.25, 0.3) is 5.56 Å². The minimum absolute atomic E-state index is 0.127. The molecule has 3 rings (SSSR count). The summed E-state index contributed by atoms with van der Waals surface area (Å²) in [6.07, 6.45) is 1.48. The number of hydrogen-bond acceptors (Lipinski definition) is 4. The fourth-order valence-corrected chi connectivity index (χ4v) is 2.68. The van der Waals surface area contributed by atoms with Crippen LogP contribution in [0, 0.1) is 6.92 Å². The number of nitrogens with zero attached hydrogens (tertiary/aromatic N) is 3. The molecule has 0 atom stereocenters. The summed E-state index contributed by atoms with van der Waals surface area (Å²) in [7, 11) is 1.85. The molecule has 8 nitrogen and oxygen atoms in total. The topological polar surface area (TPSA) is 106 Å². The second-order valence-corrected chi connectivity index (χ2v) is 5.92. The molecule has 0 saturated heterocycles. The number of hydrogen-bond donors (Lipinski definition) is 3. The number of para-hydroxylation sites is 1. The van der Waals surface area contributed by atoms with Crippen LogP contribution in [0.1, 0.15) is 11.3 Å². The SMILES string of the molecule is Cc1c(Nc2ccc(/C=N\NC(N)=O)cc2)c(=O)n(-c2ccccc2)n1C. The van der Waals surface area contributed by atoms with E-state index in [1.54, 1.807) is 4.68 Å². The number of aromatic nitrogens is 2. The molecule has 1 heterocycles. The van der Waals surface area contributed by atoms with Crippen LogP contribution in [0.25, 0.3) is 5.69 Å². The van der Waals surface area contributed by atoms with Crippen LogP contribution in [0.4, 0.5) is 16.2 Å². The van der Waals surface area contributed by atoms with Gasteiger partial charge >= 0.3 is 6.03 Å². The molecule has 2 aromatic carbocycles. The molecule has 0 spiro atoms. The zero-order chi connectivity index (χ0) is 19.4. The second-order valence-electron chi connectivity index (χ2n) is 5.92. The van der Waals surface area contributed by atoms with Gasteiger partial charge in [0.05, 0.1) is 17.6 Å². The molecule has 0 fully saturated rings. The van der Waals surface area contributed by atoms with E-state index in [1.165, 1.54) is 6.21 Å². The number of primary amides is 1. The number of hydrazone groups is 1. The summed E-state index contributed by atoms with van der Waals surface area (Å²) in [5.41, 5.74) is 10.6. The zero-order valence-corrected chi connectivity index (χ0v) is 15.0. The molecule has 27 heavy (non-hydrogen) atoms. The van der Waals surface area contributed by atoms with Gasteiger partial charge in [-0.1, -0.05) is 30.3 Å². The van der Waals surface area contributed by atoms with Crippen molar-refractivity contribution < 1.29 is 4.79 Å². The third kappa shape index (κ3) is 3.90. The minimum atomic E-state index is -0.723. The van der Waals surface area contributed by atoms with Gasteiger partial charge in [0, 0.05) is 12.7 Å². The van der Waals surface area contributed by atoms with E-state index in [-0.39, 0.29) is 5.56 Å². The van der Waals surface area contributed by atoms with E-state index in [1.807, 2.05) is 73.3 Å². The number of anilines is 2. The van der Waals surface area contributed by atoms with Gasteiger partial charge in [-0.15, -0.1) is 0 Å². The van der Waals surface area contributed by atoms with Gasteiger partial charge in [-0.2, -0.15) is 5.10 Å². The lowest BCUT2D eigenvalue weighted by Gasteiger charge is -2.07. The number of nitrogens with one attached hydrogen (secondary N) is 2. The standard InChI is InChI=1S/C19H20N6O2/c1-13-17(18(26)25(24(13)2)16-6-4-3-5-7-16)22-15-10-8-14(9-11-15)12-21-23-19(20)27/h3-12,22H,1-2H3,(H3,20,23,27)/b21-12-. The van der Waals surface area contributed by atoms with Crippen LogP contribution in [0.3, 0.4) is 0 Å². The summed E-state index contributed by atoms with van der Waals surface area (Å²) in [6, 6.07) is 16.0. The summed E-state index contributed by atoms with van der Waals surface area (Å²) in [5.74, 6) is 0. The van der Waals surface area contributed by atoms with E-state index in [9.17, 15) is 9.59 Å². The van der Waals surface area contributed by atoms with E-state index in [0.29, 0.717) is 5.69 Å². The maximum atomic E-state index is 12.9. The lowest BCUT2D eigenvalue weighted by molar-refractivity contribution is 0.249. The van der Waals surface area contributed by atoms with E-state index in [0.717, 1.165) is 22.6 Å². The Morgan fingerprint density at radius 1 is 1.11 bits per heavy atom. The molecule has 1 aromatic heterocycles. The van der Waals surface area contributed by atoms with Crippen molar-refractivity contribution in [1.82, 2.24) is 14.8 Å². The third-order valence-corrected chi connectivity index (χ3v) is 4.12. The van der Waals surface area contributed by atoms with Crippen molar-refractivity contribution in [1.29, 1.82) is 0 Å². The average Bonchev–Trinajstić information content (AvgIpc) is 2.87. The summed E-state index contributed by atoms with van der Waals surface area (Å²) < 4.78 is 3.44. The van der Waals surface area contributed by atoms with Crippen molar-refractivity contribution in [2.24, 2.45) is 17.9 Å². The largest absolute Gasteiger partial charge is 0.350 e. The van der Waals surface area contributed by atoms with Crippen LogP contribution < -0.4 is 22.0 Å². The van der Waals surface area contributed by atoms with E-state index in [4.69, 9.17) is 5.73 Å². The molecule has 0 unspecified atom stereocenters. The molecule has 0 aliphatic rings. The van der Waals surface area contributed by atoms with Gasteiger partial charge in [-0.3, -0.25) is 9.48 Å². The Hall–Kier alpha value is -3.81. The third-order valence-electron chi connectivity index (χ3n) is 4.12. The average molecular weight is 364 g/mol. The van der Waals surface area contributed by atoms with E-state index >= 15 is 0 Å². The first-order chi connectivity index (χ1) is 13.0. The van der Waals surface area contributed by atoms with E-state index in [2.05, 4.69) is 15.8 Å². The number of benzene rings is 2. The van der Waals surface area contributed by atoms with Gasteiger partial charge in [-0.05, 0) is 36.8 Å². The Balaban J connectivity index is 1.85. The molecule has 2 amide bonds. The highest BCUT2D eigenvalue weighted by molar-refractivity contribution is 5.82. The van der Waals surface area contributed by atoms with Crippen molar-refractivity contribution in [3.05, 3.63) is 76.2 Å². The number of carbonyl (C=O) groups is 1. The first-order valence-electron chi connectivity index (χ1n) is 8.27. The number of amides is 2. The lowest BCUT2D eigenvalue weighted by atomic mass is 10.2. The Morgan fingerprint density at radius 2 is 1.78 bits per heavy atom. The van der Waals surface area contributed by atoms with Crippen LogP contribution in [-0.4, -0.2) is 21.6 Å². The summed E-state index contributed by atoms with van der Waals surface area (Å²) in [6.45, 7) is 1.89. The van der Waals surface area contributed by atoms with Crippen LogP contribution in [-0.2, 0) is 7.05 Å². The number of carbonyl (C=O) groups excluding carboxylic acids is 1. The van der Waals surface area contributed by atoms with Crippen LogP contribution in [0.5, 0.6) is 0 Å². The zero-order valence-electron chi connectivity index (χ0n) is 15.0. The second kappa shape index (κ2) is 7.61. The van der Waals surface area contributed by atoms with Crippen LogP contribution in [0.2, 0.25) is 0 Å². The Bertz CT molecular complexity index is 1030. The van der Waals surface area contributed by atoms with Crippen molar-refractivity contribution in [3.63, 3.8) is 0 Å². The summed E-state index contributed by atoms with van der Waals surface area (Å²) >= 11 is 0. The quantitative estimate of drug-likeness (QED) is 0.477. The monoisotopic (exact) mass is 364 g/mol. The molecule has 0 aliphatic heterocycles. The maximum absolute atomic E-state index is 12.9. The highest BCUT2D eigenvalue weighted by atomic mass is 16.2. The Morgan fingerprint density at radius 3 is 2.41 bits per heavy atom.